The Morgan fingerprint density at radius 1 is 1.07 bits per heavy atom. The van der Waals surface area contributed by atoms with Crippen molar-refractivity contribution in [1.82, 2.24) is 19.4 Å². The topological polar surface area (TPSA) is 87.5 Å². The Morgan fingerprint density at radius 3 is 2.65 bits per heavy atom. The summed E-state index contributed by atoms with van der Waals surface area (Å²) in [7, 11) is 5.80. The molecule has 3 aromatic heterocycles. The molecule has 0 spiro atoms. The molecular weight excluding hydrogens is 522 g/mol. The number of nitrogens with zero attached hydrogens (tertiary/aromatic N) is 5. The lowest BCUT2D eigenvalue weighted by Gasteiger charge is -2.35. The fourth-order valence-corrected chi connectivity index (χ4v) is 6.02. The molecule has 0 bridgehead atoms. The molecule has 10 heteroatoms. The summed E-state index contributed by atoms with van der Waals surface area (Å²) in [6.45, 7) is 7.18. The van der Waals surface area contributed by atoms with Gasteiger partial charge in [0.15, 0.2) is 0 Å². The van der Waals surface area contributed by atoms with Crippen LogP contribution >= 0.6 is 11.3 Å². The van der Waals surface area contributed by atoms with E-state index >= 15 is 0 Å². The summed E-state index contributed by atoms with van der Waals surface area (Å²) < 4.78 is 8.96. The molecule has 0 aliphatic carbocycles. The summed E-state index contributed by atoms with van der Waals surface area (Å²) in [6.07, 6.45) is 3.39. The van der Waals surface area contributed by atoms with Crippen molar-refractivity contribution in [2.45, 2.75) is 0 Å². The van der Waals surface area contributed by atoms with Crippen LogP contribution in [0.3, 0.4) is 0 Å². The second-order valence-electron chi connectivity index (χ2n) is 9.88. The second-order valence-corrected chi connectivity index (χ2v) is 10.8. The number of aromatic nitrogens is 3. The number of ether oxygens (including phenoxy) is 1. The highest BCUT2D eigenvalue weighted by atomic mass is 32.1. The first-order chi connectivity index (χ1) is 19.4. The molecule has 1 saturated heterocycles. The van der Waals surface area contributed by atoms with Gasteiger partial charge in [0, 0.05) is 62.0 Å². The largest absolute Gasteiger partial charge is 0.494 e. The number of nitrogens with one attached hydrogen (secondary N) is 2. The SMILES string of the molecule is C=CC(=O)Nc1cc(Nc2nc(-c3cn(C)c4ccccc34)c3sccc3n2)c(OC)cc1N1CCN(C)CC1. The average Bonchev–Trinajstić information content (AvgIpc) is 3.58. The van der Waals surface area contributed by atoms with Crippen LogP contribution in [0.2, 0.25) is 0 Å². The summed E-state index contributed by atoms with van der Waals surface area (Å²) in [4.78, 5) is 26.8. The maximum Gasteiger partial charge on any atom is 0.247 e. The van der Waals surface area contributed by atoms with Crippen LogP contribution in [0.15, 0.2) is 66.7 Å². The summed E-state index contributed by atoms with van der Waals surface area (Å²) >= 11 is 1.63. The van der Waals surface area contributed by atoms with Crippen LogP contribution in [-0.4, -0.2) is 65.7 Å². The number of anilines is 4. The van der Waals surface area contributed by atoms with Gasteiger partial charge in [-0.15, -0.1) is 11.3 Å². The molecule has 0 unspecified atom stereocenters. The maximum absolute atomic E-state index is 12.4. The van der Waals surface area contributed by atoms with Crippen molar-refractivity contribution in [2.24, 2.45) is 7.05 Å². The predicted molar refractivity (Wildman–Crippen MR) is 164 cm³/mol. The second kappa shape index (κ2) is 10.6. The Labute approximate surface area is 236 Å². The van der Waals surface area contributed by atoms with E-state index in [1.165, 1.54) is 6.08 Å². The Kier molecular flexibility index (Phi) is 6.87. The number of hydrogen-bond donors (Lipinski definition) is 2. The third-order valence-corrected chi connectivity index (χ3v) is 8.22. The highest BCUT2D eigenvalue weighted by molar-refractivity contribution is 7.17. The average molecular weight is 554 g/mol. The number of carbonyl (C=O) groups excluding carboxylic acids is 1. The highest BCUT2D eigenvalue weighted by Crippen LogP contribution is 2.40. The van der Waals surface area contributed by atoms with Crippen molar-refractivity contribution in [3.8, 4) is 17.0 Å². The van der Waals surface area contributed by atoms with Crippen LogP contribution in [0.25, 0.3) is 32.4 Å². The Bertz CT molecular complexity index is 1730. The molecule has 2 N–H and O–H groups in total. The number of hydrogen-bond acceptors (Lipinski definition) is 8. The number of amides is 1. The van der Waals surface area contributed by atoms with Crippen molar-refractivity contribution in [3.05, 3.63) is 66.7 Å². The number of benzene rings is 2. The van der Waals surface area contributed by atoms with Gasteiger partial charge in [-0.3, -0.25) is 4.79 Å². The minimum Gasteiger partial charge on any atom is -0.494 e. The van der Waals surface area contributed by atoms with Crippen molar-refractivity contribution < 1.29 is 9.53 Å². The molecule has 9 nitrogen and oxygen atoms in total. The number of fused-ring (bicyclic) bond motifs is 2. The van der Waals surface area contributed by atoms with Gasteiger partial charge < -0.3 is 29.7 Å². The monoisotopic (exact) mass is 553 g/mol. The number of likely N-dealkylation sites (N-methyl/N-ethyl adjacent to an activating group) is 1. The van der Waals surface area contributed by atoms with Gasteiger partial charge in [-0.2, -0.15) is 0 Å². The molecule has 1 aliphatic rings. The predicted octanol–water partition coefficient (Wildman–Crippen LogP) is 5.48. The van der Waals surface area contributed by atoms with Gasteiger partial charge in [-0.1, -0.05) is 24.8 Å². The molecule has 4 heterocycles. The van der Waals surface area contributed by atoms with Crippen LogP contribution in [0.4, 0.5) is 23.0 Å². The van der Waals surface area contributed by atoms with E-state index < -0.39 is 0 Å². The summed E-state index contributed by atoms with van der Waals surface area (Å²) in [5.41, 5.74) is 6.13. The summed E-state index contributed by atoms with van der Waals surface area (Å²) in [6, 6.07) is 14.2. The van der Waals surface area contributed by atoms with Crippen molar-refractivity contribution in [1.29, 1.82) is 0 Å². The summed E-state index contributed by atoms with van der Waals surface area (Å²) in [5, 5.41) is 9.53. The molecule has 1 amide bonds. The van der Waals surface area contributed by atoms with Gasteiger partial charge in [0.25, 0.3) is 0 Å². The van der Waals surface area contributed by atoms with Gasteiger partial charge in [0.1, 0.15) is 5.75 Å². The van der Waals surface area contributed by atoms with E-state index in [4.69, 9.17) is 14.7 Å². The Morgan fingerprint density at radius 2 is 1.88 bits per heavy atom. The fraction of sp³-hybridized carbons (Fsp3) is 0.233. The Hall–Kier alpha value is -4.41. The number of thiophene rings is 1. The molecule has 40 heavy (non-hydrogen) atoms. The van der Waals surface area contributed by atoms with Gasteiger partial charge in [0.2, 0.25) is 11.9 Å². The number of para-hydroxylation sites is 1. The molecule has 0 atom stereocenters. The van der Waals surface area contributed by atoms with E-state index in [2.05, 4.69) is 57.0 Å². The zero-order chi connectivity index (χ0) is 27.8. The van der Waals surface area contributed by atoms with Crippen molar-refractivity contribution in [3.63, 3.8) is 0 Å². The lowest BCUT2D eigenvalue weighted by Crippen LogP contribution is -2.44. The molecule has 204 valence electrons. The first-order valence-electron chi connectivity index (χ1n) is 13.1. The molecule has 5 aromatic rings. The van der Waals surface area contributed by atoms with E-state index in [0.29, 0.717) is 23.1 Å². The van der Waals surface area contributed by atoms with Gasteiger partial charge in [-0.05, 0) is 36.7 Å². The standard InChI is InChI=1S/C30H31N7O2S/c1-5-27(38)31-22-16-23(26(39-4)17-25(22)37-13-11-35(2)12-14-37)33-30-32-21-10-15-40-29(21)28(34-30)20-18-36(3)24-9-7-6-8-19(20)24/h5-10,15-18H,1,11-14H2,2-4H3,(H,31,38)(H,32,33,34). The van der Waals surface area contributed by atoms with E-state index in [-0.39, 0.29) is 5.91 Å². The molecule has 0 radical (unpaired) electrons. The molecule has 6 rings (SSSR count). The Balaban J connectivity index is 1.44. The summed E-state index contributed by atoms with van der Waals surface area (Å²) in [5.74, 6) is 0.799. The van der Waals surface area contributed by atoms with E-state index in [0.717, 1.165) is 64.2 Å². The zero-order valence-corrected chi connectivity index (χ0v) is 23.6. The molecule has 1 aliphatic heterocycles. The number of rotatable bonds is 7. The fourth-order valence-electron chi connectivity index (χ4n) is 5.18. The normalized spacial score (nSPS) is 14.0. The maximum atomic E-state index is 12.4. The van der Waals surface area contributed by atoms with Gasteiger partial charge in [0.05, 0.1) is 40.1 Å². The van der Waals surface area contributed by atoms with Crippen LogP contribution in [0.1, 0.15) is 0 Å². The number of piperazine rings is 1. The van der Waals surface area contributed by atoms with Crippen LogP contribution in [0, 0.1) is 0 Å². The third kappa shape index (κ3) is 4.76. The lowest BCUT2D eigenvalue weighted by molar-refractivity contribution is -0.111. The van der Waals surface area contributed by atoms with Crippen LogP contribution in [0.5, 0.6) is 5.75 Å². The number of carbonyl (C=O) groups is 1. The molecule has 1 fully saturated rings. The van der Waals surface area contributed by atoms with Gasteiger partial charge in [-0.25, -0.2) is 9.97 Å². The molecule has 2 aromatic carbocycles. The first-order valence-corrected chi connectivity index (χ1v) is 14.0. The van der Waals surface area contributed by atoms with Crippen molar-refractivity contribution in [2.75, 3.05) is 55.9 Å². The zero-order valence-electron chi connectivity index (χ0n) is 22.8. The quantitative estimate of drug-likeness (QED) is 0.258. The third-order valence-electron chi connectivity index (χ3n) is 7.31. The molecular formula is C30H31N7O2S. The van der Waals surface area contributed by atoms with Crippen molar-refractivity contribution >= 4 is 61.4 Å². The minimum atomic E-state index is -0.277. The van der Waals surface area contributed by atoms with Crippen LogP contribution in [-0.2, 0) is 11.8 Å². The lowest BCUT2D eigenvalue weighted by atomic mass is 10.1. The number of methoxy groups -OCH3 is 1. The van der Waals surface area contributed by atoms with E-state index in [1.807, 2.05) is 42.8 Å². The minimum absolute atomic E-state index is 0.277. The van der Waals surface area contributed by atoms with Gasteiger partial charge >= 0.3 is 0 Å². The van der Waals surface area contributed by atoms with E-state index in [9.17, 15) is 4.79 Å². The highest BCUT2D eigenvalue weighted by Gasteiger charge is 2.22. The smallest absolute Gasteiger partial charge is 0.247 e. The van der Waals surface area contributed by atoms with Crippen LogP contribution < -0.4 is 20.3 Å². The molecule has 0 saturated carbocycles. The van der Waals surface area contributed by atoms with E-state index in [1.54, 1.807) is 18.4 Å². The first kappa shape index (κ1) is 25.8. The number of aryl methyl sites for hydroxylation is 1.